The highest BCUT2D eigenvalue weighted by atomic mass is 16.2. The summed E-state index contributed by atoms with van der Waals surface area (Å²) in [5, 5.41) is 0. The van der Waals surface area contributed by atoms with Crippen LogP contribution in [0.2, 0.25) is 0 Å². The predicted molar refractivity (Wildman–Crippen MR) is 116 cm³/mol. The fraction of sp³-hybridized carbons (Fsp3) is 0.200. The van der Waals surface area contributed by atoms with Crippen molar-refractivity contribution in [1.29, 1.82) is 0 Å². The number of likely N-dealkylation sites (N-methyl/N-ethyl adjacent to an activating group) is 1. The lowest BCUT2D eigenvalue weighted by molar-refractivity contribution is -0.128. The first kappa shape index (κ1) is 20.5. The first-order chi connectivity index (χ1) is 14.1. The van der Waals surface area contributed by atoms with E-state index in [-0.39, 0.29) is 18.2 Å². The van der Waals surface area contributed by atoms with Gasteiger partial charge in [-0.25, -0.2) is 0 Å². The summed E-state index contributed by atoms with van der Waals surface area (Å²) >= 11 is 0. The van der Waals surface area contributed by atoms with Crippen LogP contribution in [0.1, 0.15) is 27.9 Å². The van der Waals surface area contributed by atoms with Gasteiger partial charge >= 0.3 is 0 Å². The van der Waals surface area contributed by atoms with Crippen LogP contribution < -0.4 is 5.73 Å². The first-order valence-electron chi connectivity index (χ1n) is 9.77. The molecule has 0 radical (unpaired) electrons. The number of carbonyl (C=O) groups excluding carboxylic acids is 2. The van der Waals surface area contributed by atoms with Gasteiger partial charge in [-0.3, -0.25) is 9.59 Å². The second kappa shape index (κ2) is 9.80. The quantitative estimate of drug-likeness (QED) is 0.593. The average Bonchev–Trinajstić information content (AvgIpc) is 2.77. The zero-order valence-corrected chi connectivity index (χ0v) is 16.7. The van der Waals surface area contributed by atoms with E-state index in [2.05, 4.69) is 6.07 Å². The standard InChI is InChI=1S/C25H26N2O2/c1-27(25(29)17-26)18-20-8-5-9-23(16-20)21-11-13-22(14-12-21)24(28)15-10-19-6-3-2-4-7-19/h2-9,11-14,16H,10,15,17-18,26H2,1H3. The van der Waals surface area contributed by atoms with Crippen molar-refractivity contribution in [3.05, 3.63) is 95.6 Å². The molecule has 1 amide bonds. The van der Waals surface area contributed by atoms with E-state index < -0.39 is 0 Å². The minimum Gasteiger partial charge on any atom is -0.340 e. The van der Waals surface area contributed by atoms with Gasteiger partial charge in [0.2, 0.25) is 5.91 Å². The maximum atomic E-state index is 12.5. The van der Waals surface area contributed by atoms with Crippen molar-refractivity contribution >= 4 is 11.7 Å². The molecule has 4 nitrogen and oxygen atoms in total. The molecular formula is C25H26N2O2. The van der Waals surface area contributed by atoms with E-state index in [9.17, 15) is 9.59 Å². The van der Waals surface area contributed by atoms with Crippen molar-refractivity contribution in [2.45, 2.75) is 19.4 Å². The number of carbonyl (C=O) groups is 2. The molecule has 3 aromatic carbocycles. The summed E-state index contributed by atoms with van der Waals surface area (Å²) in [6, 6.07) is 25.8. The molecule has 0 aliphatic carbocycles. The van der Waals surface area contributed by atoms with Gasteiger partial charge in [0.15, 0.2) is 5.78 Å². The van der Waals surface area contributed by atoms with Crippen LogP contribution in [0, 0.1) is 0 Å². The van der Waals surface area contributed by atoms with Gasteiger partial charge in [-0.05, 0) is 34.7 Å². The van der Waals surface area contributed by atoms with Gasteiger partial charge in [0.1, 0.15) is 0 Å². The Morgan fingerprint density at radius 1 is 0.828 bits per heavy atom. The van der Waals surface area contributed by atoms with Crippen LogP contribution in [0.25, 0.3) is 11.1 Å². The van der Waals surface area contributed by atoms with Crippen LogP contribution >= 0.6 is 0 Å². The number of aryl methyl sites for hydroxylation is 1. The van der Waals surface area contributed by atoms with Crippen molar-refractivity contribution < 1.29 is 9.59 Å². The molecule has 0 spiro atoms. The summed E-state index contributed by atoms with van der Waals surface area (Å²) < 4.78 is 0. The molecule has 0 unspecified atom stereocenters. The zero-order chi connectivity index (χ0) is 20.6. The van der Waals surface area contributed by atoms with Crippen molar-refractivity contribution in [1.82, 2.24) is 4.90 Å². The molecule has 0 saturated heterocycles. The maximum Gasteiger partial charge on any atom is 0.236 e. The van der Waals surface area contributed by atoms with Gasteiger partial charge in [0.05, 0.1) is 6.54 Å². The number of amides is 1. The van der Waals surface area contributed by atoms with Gasteiger partial charge < -0.3 is 10.6 Å². The van der Waals surface area contributed by atoms with E-state index in [1.807, 2.05) is 72.8 Å². The molecule has 0 bridgehead atoms. The molecule has 0 heterocycles. The lowest BCUT2D eigenvalue weighted by Gasteiger charge is -2.16. The van der Waals surface area contributed by atoms with E-state index in [0.717, 1.165) is 28.7 Å². The van der Waals surface area contributed by atoms with Gasteiger partial charge in [-0.1, -0.05) is 72.8 Å². The number of Topliss-reactive ketones (excluding diaryl/α,β-unsaturated/α-hetero) is 1. The Balaban J connectivity index is 1.66. The molecule has 0 aromatic heterocycles. The van der Waals surface area contributed by atoms with E-state index in [1.54, 1.807) is 11.9 Å². The summed E-state index contributed by atoms with van der Waals surface area (Å²) in [5.74, 6) is 0.0600. The second-order valence-corrected chi connectivity index (χ2v) is 7.14. The molecule has 0 fully saturated rings. The molecule has 0 aliphatic rings. The number of benzene rings is 3. The zero-order valence-electron chi connectivity index (χ0n) is 16.7. The van der Waals surface area contributed by atoms with E-state index in [1.165, 1.54) is 5.56 Å². The van der Waals surface area contributed by atoms with Gasteiger partial charge in [-0.2, -0.15) is 0 Å². The summed E-state index contributed by atoms with van der Waals surface area (Å²) in [5.41, 5.74) is 10.5. The fourth-order valence-electron chi connectivity index (χ4n) is 3.26. The smallest absolute Gasteiger partial charge is 0.236 e. The van der Waals surface area contributed by atoms with Crippen molar-refractivity contribution in [2.75, 3.05) is 13.6 Å². The second-order valence-electron chi connectivity index (χ2n) is 7.14. The maximum absolute atomic E-state index is 12.5. The predicted octanol–water partition coefficient (Wildman–Crippen LogP) is 4.09. The molecular weight excluding hydrogens is 360 g/mol. The van der Waals surface area contributed by atoms with Crippen molar-refractivity contribution in [2.24, 2.45) is 5.73 Å². The monoisotopic (exact) mass is 386 g/mol. The van der Waals surface area contributed by atoms with Crippen LogP contribution in [-0.2, 0) is 17.8 Å². The van der Waals surface area contributed by atoms with Crippen LogP contribution in [-0.4, -0.2) is 30.2 Å². The molecule has 2 N–H and O–H groups in total. The third kappa shape index (κ3) is 5.62. The summed E-state index contributed by atoms with van der Waals surface area (Å²) in [7, 11) is 1.75. The lowest BCUT2D eigenvalue weighted by Crippen LogP contribution is -2.32. The van der Waals surface area contributed by atoms with Crippen molar-refractivity contribution in [3.63, 3.8) is 0 Å². The fourth-order valence-corrected chi connectivity index (χ4v) is 3.26. The molecule has 29 heavy (non-hydrogen) atoms. The van der Waals surface area contributed by atoms with Crippen LogP contribution in [0.4, 0.5) is 0 Å². The highest BCUT2D eigenvalue weighted by Gasteiger charge is 2.09. The Kier molecular flexibility index (Phi) is 6.93. The Morgan fingerprint density at radius 2 is 1.52 bits per heavy atom. The van der Waals surface area contributed by atoms with Gasteiger partial charge in [-0.15, -0.1) is 0 Å². The molecule has 0 aliphatic heterocycles. The number of nitrogens with zero attached hydrogens (tertiary/aromatic N) is 1. The number of rotatable bonds is 8. The SMILES string of the molecule is CN(Cc1cccc(-c2ccc(C(=O)CCc3ccccc3)cc2)c1)C(=O)CN. The Bertz CT molecular complexity index is 966. The highest BCUT2D eigenvalue weighted by Crippen LogP contribution is 2.22. The number of nitrogens with two attached hydrogens (primary N) is 1. The number of hydrogen-bond acceptors (Lipinski definition) is 3. The van der Waals surface area contributed by atoms with E-state index >= 15 is 0 Å². The molecule has 3 aromatic rings. The summed E-state index contributed by atoms with van der Waals surface area (Å²) in [6.07, 6.45) is 1.25. The third-order valence-electron chi connectivity index (χ3n) is 4.97. The van der Waals surface area contributed by atoms with Gasteiger partial charge in [0, 0.05) is 25.6 Å². The molecule has 148 valence electrons. The Morgan fingerprint density at radius 3 is 2.21 bits per heavy atom. The number of hydrogen-bond donors (Lipinski definition) is 1. The van der Waals surface area contributed by atoms with Crippen molar-refractivity contribution in [3.8, 4) is 11.1 Å². The molecule has 0 saturated carbocycles. The Labute approximate surface area is 172 Å². The molecule has 0 atom stereocenters. The van der Waals surface area contributed by atoms with Crippen LogP contribution in [0.15, 0.2) is 78.9 Å². The topological polar surface area (TPSA) is 63.4 Å². The van der Waals surface area contributed by atoms with E-state index in [0.29, 0.717) is 13.0 Å². The van der Waals surface area contributed by atoms with Crippen LogP contribution in [0.5, 0.6) is 0 Å². The average molecular weight is 386 g/mol. The highest BCUT2D eigenvalue weighted by molar-refractivity contribution is 5.96. The minimum absolute atomic E-state index is 0.00987. The third-order valence-corrected chi connectivity index (χ3v) is 4.97. The van der Waals surface area contributed by atoms with Gasteiger partial charge in [0.25, 0.3) is 0 Å². The van der Waals surface area contributed by atoms with E-state index in [4.69, 9.17) is 5.73 Å². The normalized spacial score (nSPS) is 10.6. The molecule has 4 heteroatoms. The van der Waals surface area contributed by atoms with Crippen LogP contribution in [0.3, 0.4) is 0 Å². The Hall–Kier alpha value is -3.24. The minimum atomic E-state index is -0.0891. The molecule has 3 rings (SSSR count). The lowest BCUT2D eigenvalue weighted by atomic mass is 9.98. The first-order valence-corrected chi connectivity index (χ1v) is 9.77. The largest absolute Gasteiger partial charge is 0.340 e. The summed E-state index contributed by atoms with van der Waals surface area (Å²) in [6.45, 7) is 0.524. The number of ketones is 1. The summed E-state index contributed by atoms with van der Waals surface area (Å²) in [4.78, 5) is 25.8.